The number of rotatable bonds is 6. The highest BCUT2D eigenvalue weighted by Gasteiger charge is 2.25. The molecule has 0 aromatic carbocycles. The van der Waals surface area contributed by atoms with Crippen molar-refractivity contribution >= 4 is 11.3 Å². The first-order chi connectivity index (χ1) is 9.36. The molecule has 1 aromatic rings. The van der Waals surface area contributed by atoms with Gasteiger partial charge in [0, 0.05) is 15.8 Å². The molecule has 0 saturated heterocycles. The van der Waals surface area contributed by atoms with Gasteiger partial charge < -0.3 is 5.32 Å². The maximum Gasteiger partial charge on any atom is 0.0417 e. The van der Waals surface area contributed by atoms with E-state index in [0.29, 0.717) is 6.04 Å². The third-order valence-corrected chi connectivity index (χ3v) is 6.14. The molecule has 0 bridgehead atoms. The Kier molecular flexibility index (Phi) is 4.60. The van der Waals surface area contributed by atoms with Crippen LogP contribution < -0.4 is 5.32 Å². The van der Waals surface area contributed by atoms with Crippen molar-refractivity contribution in [1.82, 2.24) is 5.32 Å². The summed E-state index contributed by atoms with van der Waals surface area (Å²) in [7, 11) is 0. The lowest BCUT2D eigenvalue weighted by Gasteiger charge is -2.29. The molecule has 2 aliphatic carbocycles. The van der Waals surface area contributed by atoms with E-state index < -0.39 is 0 Å². The van der Waals surface area contributed by atoms with Crippen LogP contribution in [0.3, 0.4) is 0 Å². The van der Waals surface area contributed by atoms with Gasteiger partial charge in [0.25, 0.3) is 0 Å². The van der Waals surface area contributed by atoms with Gasteiger partial charge in [-0.2, -0.15) is 0 Å². The molecule has 1 nitrogen and oxygen atoms in total. The summed E-state index contributed by atoms with van der Waals surface area (Å²) in [6, 6.07) is 3.17. The number of thiophene rings is 1. The number of fused-ring (bicyclic) bond motifs is 1. The van der Waals surface area contributed by atoms with E-state index in [4.69, 9.17) is 0 Å². The Morgan fingerprint density at radius 1 is 1.26 bits per heavy atom. The maximum atomic E-state index is 3.80. The number of aryl methyl sites for hydroxylation is 2. The van der Waals surface area contributed by atoms with Gasteiger partial charge in [-0.1, -0.05) is 26.2 Å². The summed E-state index contributed by atoms with van der Waals surface area (Å²) < 4.78 is 0. The van der Waals surface area contributed by atoms with Crippen molar-refractivity contribution in [3.05, 3.63) is 21.4 Å². The van der Waals surface area contributed by atoms with Crippen molar-refractivity contribution in [2.24, 2.45) is 5.92 Å². The van der Waals surface area contributed by atoms with Crippen LogP contribution in [0.25, 0.3) is 0 Å². The summed E-state index contributed by atoms with van der Waals surface area (Å²) in [6.45, 7) is 3.44. The lowest BCUT2D eigenvalue weighted by atomic mass is 9.80. The molecule has 1 N–H and O–H groups in total. The van der Waals surface area contributed by atoms with Gasteiger partial charge in [-0.25, -0.2) is 0 Å². The first kappa shape index (κ1) is 13.6. The van der Waals surface area contributed by atoms with Crippen LogP contribution in [0.15, 0.2) is 6.07 Å². The molecule has 1 atom stereocenters. The van der Waals surface area contributed by atoms with E-state index in [0.717, 1.165) is 5.92 Å². The average Bonchev–Trinajstić information content (AvgIpc) is 2.80. The molecule has 2 aliphatic rings. The van der Waals surface area contributed by atoms with Gasteiger partial charge in [0.05, 0.1) is 0 Å². The van der Waals surface area contributed by atoms with Crippen molar-refractivity contribution in [2.75, 3.05) is 6.54 Å². The predicted octanol–water partition coefficient (Wildman–Crippen LogP) is 4.86. The Balaban J connectivity index is 1.71. The zero-order chi connectivity index (χ0) is 13.1. The minimum absolute atomic E-state index is 0.640. The van der Waals surface area contributed by atoms with E-state index in [1.165, 1.54) is 64.3 Å². The number of hydrogen-bond acceptors (Lipinski definition) is 2. The first-order valence-electron chi connectivity index (χ1n) is 8.21. The van der Waals surface area contributed by atoms with Crippen molar-refractivity contribution in [1.29, 1.82) is 0 Å². The van der Waals surface area contributed by atoms with E-state index in [2.05, 4.69) is 29.6 Å². The summed E-state index contributed by atoms with van der Waals surface area (Å²) in [5.74, 6) is 0.994. The van der Waals surface area contributed by atoms with E-state index >= 15 is 0 Å². The van der Waals surface area contributed by atoms with Gasteiger partial charge in [-0.05, 0) is 62.6 Å². The number of hydrogen-bond donors (Lipinski definition) is 1. The summed E-state index contributed by atoms with van der Waals surface area (Å²) >= 11 is 2.11. The summed E-state index contributed by atoms with van der Waals surface area (Å²) in [5.41, 5.74) is 1.67. The standard InChI is InChI=1S/C17H27NS/c1-2-10-18-15(11-13-6-5-7-13)17-12-14-8-3-4-9-16(14)19-17/h12-13,15,18H,2-11H2,1H3. The minimum Gasteiger partial charge on any atom is -0.309 e. The SMILES string of the molecule is CCCNC(CC1CCC1)c1cc2c(s1)CCCC2. The molecule has 1 saturated carbocycles. The zero-order valence-corrected chi connectivity index (χ0v) is 13.0. The van der Waals surface area contributed by atoms with Crippen molar-refractivity contribution in [3.8, 4) is 0 Å². The molecule has 1 unspecified atom stereocenters. The van der Waals surface area contributed by atoms with Crippen molar-refractivity contribution < 1.29 is 0 Å². The molecule has 0 aliphatic heterocycles. The van der Waals surface area contributed by atoms with Gasteiger partial charge >= 0.3 is 0 Å². The monoisotopic (exact) mass is 277 g/mol. The third kappa shape index (κ3) is 3.22. The van der Waals surface area contributed by atoms with Crippen LogP contribution in [0.2, 0.25) is 0 Å². The fourth-order valence-electron chi connectivity index (χ4n) is 3.37. The maximum absolute atomic E-state index is 3.80. The highest BCUT2D eigenvalue weighted by molar-refractivity contribution is 7.12. The van der Waals surface area contributed by atoms with Gasteiger partial charge in [0.1, 0.15) is 0 Å². The quantitative estimate of drug-likeness (QED) is 0.783. The number of nitrogens with one attached hydrogen (secondary N) is 1. The van der Waals surface area contributed by atoms with Crippen LogP contribution in [0, 0.1) is 5.92 Å². The Labute approximate surface area is 121 Å². The molecule has 1 fully saturated rings. The topological polar surface area (TPSA) is 12.0 Å². The molecule has 19 heavy (non-hydrogen) atoms. The molecule has 106 valence electrons. The second-order valence-electron chi connectivity index (χ2n) is 6.34. The molecule has 0 radical (unpaired) electrons. The van der Waals surface area contributed by atoms with E-state index in [1.807, 2.05) is 0 Å². The molecule has 0 spiro atoms. The Bertz CT molecular complexity index is 382. The largest absolute Gasteiger partial charge is 0.309 e. The van der Waals surface area contributed by atoms with Crippen LogP contribution in [0.4, 0.5) is 0 Å². The zero-order valence-electron chi connectivity index (χ0n) is 12.2. The predicted molar refractivity (Wildman–Crippen MR) is 84.0 cm³/mol. The molecular formula is C17H27NS. The van der Waals surface area contributed by atoms with Gasteiger partial charge in [0.15, 0.2) is 0 Å². The summed E-state index contributed by atoms with van der Waals surface area (Å²) in [6.07, 6.45) is 12.5. The minimum atomic E-state index is 0.640. The first-order valence-corrected chi connectivity index (χ1v) is 9.03. The van der Waals surface area contributed by atoms with Crippen LogP contribution in [-0.2, 0) is 12.8 Å². The molecule has 0 amide bonds. The van der Waals surface area contributed by atoms with Gasteiger partial charge in [-0.15, -0.1) is 11.3 Å². The van der Waals surface area contributed by atoms with Gasteiger partial charge in [0.2, 0.25) is 0 Å². The van der Waals surface area contributed by atoms with E-state index in [-0.39, 0.29) is 0 Å². The van der Waals surface area contributed by atoms with E-state index in [9.17, 15) is 0 Å². The lowest BCUT2D eigenvalue weighted by Crippen LogP contribution is -2.26. The summed E-state index contributed by atoms with van der Waals surface area (Å²) in [4.78, 5) is 3.32. The third-order valence-electron chi connectivity index (χ3n) is 4.79. The highest BCUT2D eigenvalue weighted by Crippen LogP contribution is 2.39. The van der Waals surface area contributed by atoms with Crippen molar-refractivity contribution in [3.63, 3.8) is 0 Å². The van der Waals surface area contributed by atoms with Crippen LogP contribution in [0.1, 0.15) is 73.2 Å². The fraction of sp³-hybridized carbons (Fsp3) is 0.765. The normalized spacial score (nSPS) is 20.9. The second-order valence-corrected chi connectivity index (χ2v) is 7.51. The Hall–Kier alpha value is -0.340. The molecule has 1 heterocycles. The molecule has 1 aromatic heterocycles. The Morgan fingerprint density at radius 2 is 2.11 bits per heavy atom. The average molecular weight is 277 g/mol. The Morgan fingerprint density at radius 3 is 2.79 bits per heavy atom. The molecule has 3 rings (SSSR count). The smallest absolute Gasteiger partial charge is 0.0417 e. The molecule has 2 heteroatoms. The highest BCUT2D eigenvalue weighted by atomic mass is 32.1. The molecular weight excluding hydrogens is 250 g/mol. The van der Waals surface area contributed by atoms with Crippen LogP contribution in [-0.4, -0.2) is 6.54 Å². The lowest BCUT2D eigenvalue weighted by molar-refractivity contribution is 0.262. The van der Waals surface area contributed by atoms with Gasteiger partial charge in [-0.3, -0.25) is 0 Å². The summed E-state index contributed by atoms with van der Waals surface area (Å²) in [5, 5.41) is 3.80. The van der Waals surface area contributed by atoms with Crippen LogP contribution in [0.5, 0.6) is 0 Å². The van der Waals surface area contributed by atoms with E-state index in [1.54, 1.807) is 15.3 Å². The fourth-order valence-corrected chi connectivity index (χ4v) is 4.71. The van der Waals surface area contributed by atoms with Crippen molar-refractivity contribution in [2.45, 2.75) is 70.8 Å². The second kappa shape index (κ2) is 6.41. The van der Waals surface area contributed by atoms with Crippen LogP contribution >= 0.6 is 11.3 Å².